The highest BCUT2D eigenvalue weighted by Gasteiger charge is 2.16. The van der Waals surface area contributed by atoms with E-state index in [2.05, 4.69) is 17.0 Å². The first-order valence-electron chi connectivity index (χ1n) is 8.50. The minimum atomic E-state index is -3.76. The van der Waals surface area contributed by atoms with Crippen LogP contribution in [0.1, 0.15) is 42.1 Å². The third kappa shape index (κ3) is 5.47. The summed E-state index contributed by atoms with van der Waals surface area (Å²) in [4.78, 5) is 12.3. The van der Waals surface area contributed by atoms with Gasteiger partial charge in [-0.05, 0) is 55.3 Å². The first kappa shape index (κ1) is 20.3. The summed E-state index contributed by atoms with van der Waals surface area (Å²) in [5, 5.41) is 3.31. The molecule has 2 N–H and O–H groups in total. The minimum absolute atomic E-state index is 0.107. The lowest BCUT2D eigenvalue weighted by atomic mass is 10.1. The number of sulfonamides is 1. The highest BCUT2D eigenvalue weighted by atomic mass is 35.5. The van der Waals surface area contributed by atoms with Gasteiger partial charge in [-0.15, -0.1) is 0 Å². The number of unbranched alkanes of at least 4 members (excludes halogenated alkanes) is 2. The molecule has 0 bridgehead atoms. The molecule has 26 heavy (non-hydrogen) atoms. The number of carbonyl (C=O) groups excluding carboxylic acids is 1. The molecule has 140 valence electrons. The lowest BCUT2D eigenvalue weighted by Gasteiger charge is -2.12. The first-order chi connectivity index (χ1) is 12.3. The first-order valence-corrected chi connectivity index (χ1v) is 10.4. The Morgan fingerprint density at radius 3 is 2.42 bits per heavy atom. The molecule has 0 fully saturated rings. The lowest BCUT2D eigenvalue weighted by Crippen LogP contribution is -2.24. The van der Waals surface area contributed by atoms with Gasteiger partial charge >= 0.3 is 0 Å². The van der Waals surface area contributed by atoms with Crippen molar-refractivity contribution in [3.05, 3.63) is 58.6 Å². The van der Waals surface area contributed by atoms with Crippen LogP contribution in [0.5, 0.6) is 0 Å². The fourth-order valence-corrected chi connectivity index (χ4v) is 3.62. The van der Waals surface area contributed by atoms with Crippen molar-refractivity contribution >= 4 is 33.2 Å². The van der Waals surface area contributed by atoms with E-state index in [1.54, 1.807) is 25.1 Å². The van der Waals surface area contributed by atoms with E-state index in [4.69, 9.17) is 11.6 Å². The molecule has 0 aliphatic heterocycles. The van der Waals surface area contributed by atoms with Gasteiger partial charge in [0, 0.05) is 17.1 Å². The number of halogens is 1. The fourth-order valence-electron chi connectivity index (χ4n) is 2.37. The standard InChI is InChI=1S/C19H23ClN2O3S/c1-3-4-5-12-21-19(23)15-7-6-14(2)18(13-15)22-26(24,25)17-10-8-16(20)9-11-17/h6-11,13,22H,3-5,12H2,1-2H3,(H,21,23). The Hall–Kier alpha value is -2.05. The molecule has 0 radical (unpaired) electrons. The molecule has 2 aromatic carbocycles. The molecule has 0 aliphatic carbocycles. The normalized spacial score (nSPS) is 11.2. The molecule has 0 spiro atoms. The Bertz CT molecular complexity index is 865. The third-order valence-corrected chi connectivity index (χ3v) is 5.57. The summed E-state index contributed by atoms with van der Waals surface area (Å²) in [6.45, 7) is 4.48. The van der Waals surface area contributed by atoms with Gasteiger partial charge in [-0.2, -0.15) is 0 Å². The van der Waals surface area contributed by atoms with Gasteiger partial charge < -0.3 is 5.32 Å². The average Bonchev–Trinajstić information content (AvgIpc) is 2.60. The summed E-state index contributed by atoms with van der Waals surface area (Å²) in [5.74, 6) is -0.215. The summed E-state index contributed by atoms with van der Waals surface area (Å²) in [7, 11) is -3.76. The van der Waals surface area contributed by atoms with Gasteiger partial charge in [-0.1, -0.05) is 37.4 Å². The second-order valence-electron chi connectivity index (χ2n) is 6.05. The van der Waals surface area contributed by atoms with Crippen LogP contribution in [0, 0.1) is 6.92 Å². The van der Waals surface area contributed by atoms with Gasteiger partial charge in [-0.3, -0.25) is 9.52 Å². The van der Waals surface area contributed by atoms with Crippen molar-refractivity contribution in [2.24, 2.45) is 0 Å². The van der Waals surface area contributed by atoms with Crippen LogP contribution < -0.4 is 10.0 Å². The van der Waals surface area contributed by atoms with Crippen molar-refractivity contribution < 1.29 is 13.2 Å². The maximum Gasteiger partial charge on any atom is 0.261 e. The maximum absolute atomic E-state index is 12.5. The molecule has 0 unspecified atom stereocenters. The highest BCUT2D eigenvalue weighted by Crippen LogP contribution is 2.22. The van der Waals surface area contributed by atoms with Gasteiger partial charge in [0.05, 0.1) is 10.6 Å². The third-order valence-electron chi connectivity index (χ3n) is 3.93. The van der Waals surface area contributed by atoms with Crippen molar-refractivity contribution in [3.63, 3.8) is 0 Å². The lowest BCUT2D eigenvalue weighted by molar-refractivity contribution is 0.0953. The second-order valence-corrected chi connectivity index (χ2v) is 8.17. The predicted octanol–water partition coefficient (Wildman–Crippen LogP) is 4.37. The van der Waals surface area contributed by atoms with E-state index in [9.17, 15) is 13.2 Å². The number of hydrogen-bond acceptors (Lipinski definition) is 3. The number of anilines is 1. The SMILES string of the molecule is CCCCCNC(=O)c1ccc(C)c(NS(=O)(=O)c2ccc(Cl)cc2)c1. The average molecular weight is 395 g/mol. The van der Waals surface area contributed by atoms with Crippen molar-refractivity contribution in [3.8, 4) is 0 Å². The Morgan fingerprint density at radius 2 is 1.77 bits per heavy atom. The Labute approximate surface area is 159 Å². The molecule has 2 rings (SSSR count). The van der Waals surface area contributed by atoms with E-state index in [-0.39, 0.29) is 10.8 Å². The summed E-state index contributed by atoms with van der Waals surface area (Å²) in [6.07, 6.45) is 3.06. The Balaban J connectivity index is 2.16. The Morgan fingerprint density at radius 1 is 1.08 bits per heavy atom. The van der Waals surface area contributed by atoms with E-state index in [1.165, 1.54) is 24.3 Å². The molecule has 2 aromatic rings. The van der Waals surface area contributed by atoms with Gasteiger partial charge in [0.25, 0.3) is 15.9 Å². The number of carbonyl (C=O) groups is 1. The number of aryl methyl sites for hydroxylation is 1. The van der Waals surface area contributed by atoms with Crippen molar-refractivity contribution in [1.29, 1.82) is 0 Å². The summed E-state index contributed by atoms with van der Waals surface area (Å²) < 4.78 is 27.6. The zero-order valence-corrected chi connectivity index (χ0v) is 16.5. The van der Waals surface area contributed by atoms with E-state index < -0.39 is 10.0 Å². The minimum Gasteiger partial charge on any atom is -0.352 e. The molecule has 0 saturated heterocycles. The zero-order chi connectivity index (χ0) is 19.2. The monoisotopic (exact) mass is 394 g/mol. The topological polar surface area (TPSA) is 75.3 Å². The van der Waals surface area contributed by atoms with Crippen molar-refractivity contribution in [1.82, 2.24) is 5.32 Å². The van der Waals surface area contributed by atoms with Crippen molar-refractivity contribution in [2.75, 3.05) is 11.3 Å². The predicted molar refractivity (Wildman–Crippen MR) is 105 cm³/mol. The van der Waals surface area contributed by atoms with Gasteiger partial charge in [0.1, 0.15) is 0 Å². The molecule has 0 saturated carbocycles. The summed E-state index contributed by atoms with van der Waals surface area (Å²) in [6, 6.07) is 10.9. The molecule has 0 heterocycles. The molecular weight excluding hydrogens is 372 g/mol. The second kappa shape index (κ2) is 9.05. The van der Waals surface area contributed by atoms with Crippen LogP contribution in [-0.4, -0.2) is 20.9 Å². The van der Waals surface area contributed by atoms with Crippen LogP contribution in [0.3, 0.4) is 0 Å². The quantitative estimate of drug-likeness (QED) is 0.653. The van der Waals surface area contributed by atoms with E-state index in [0.717, 1.165) is 24.8 Å². The van der Waals surface area contributed by atoms with Crippen LogP contribution in [0.2, 0.25) is 5.02 Å². The van der Waals surface area contributed by atoms with Crippen LogP contribution in [0.4, 0.5) is 5.69 Å². The molecular formula is C19H23ClN2O3S. The molecule has 0 aromatic heterocycles. The molecule has 7 heteroatoms. The van der Waals surface area contributed by atoms with Gasteiger partial charge in [0.2, 0.25) is 0 Å². The van der Waals surface area contributed by atoms with Crippen LogP contribution >= 0.6 is 11.6 Å². The Kier molecular flexibility index (Phi) is 7.06. The molecule has 5 nitrogen and oxygen atoms in total. The molecule has 0 atom stereocenters. The number of nitrogens with one attached hydrogen (secondary N) is 2. The van der Waals surface area contributed by atoms with Crippen LogP contribution in [-0.2, 0) is 10.0 Å². The summed E-state index contributed by atoms with van der Waals surface area (Å²) >= 11 is 5.80. The van der Waals surface area contributed by atoms with E-state index >= 15 is 0 Å². The van der Waals surface area contributed by atoms with Gasteiger partial charge in [-0.25, -0.2) is 8.42 Å². The summed E-state index contributed by atoms with van der Waals surface area (Å²) in [5.41, 5.74) is 1.52. The number of hydrogen-bond donors (Lipinski definition) is 2. The van der Waals surface area contributed by atoms with Crippen LogP contribution in [0.25, 0.3) is 0 Å². The van der Waals surface area contributed by atoms with E-state index in [0.29, 0.717) is 22.8 Å². The maximum atomic E-state index is 12.5. The smallest absolute Gasteiger partial charge is 0.261 e. The van der Waals surface area contributed by atoms with Crippen LogP contribution in [0.15, 0.2) is 47.4 Å². The number of benzene rings is 2. The zero-order valence-electron chi connectivity index (χ0n) is 14.9. The fraction of sp³-hybridized carbons (Fsp3) is 0.316. The largest absolute Gasteiger partial charge is 0.352 e. The molecule has 1 amide bonds. The number of amides is 1. The van der Waals surface area contributed by atoms with Crippen molar-refractivity contribution in [2.45, 2.75) is 38.0 Å². The van der Waals surface area contributed by atoms with E-state index in [1.807, 2.05) is 0 Å². The molecule has 0 aliphatic rings. The number of rotatable bonds is 8. The van der Waals surface area contributed by atoms with Gasteiger partial charge in [0.15, 0.2) is 0 Å². The highest BCUT2D eigenvalue weighted by molar-refractivity contribution is 7.92.